The molecule has 0 aliphatic heterocycles. The lowest BCUT2D eigenvalue weighted by Crippen LogP contribution is -1.81. The summed E-state index contributed by atoms with van der Waals surface area (Å²) in [6, 6.07) is 23.4. The fourth-order valence-corrected chi connectivity index (χ4v) is 4.06. The Bertz CT molecular complexity index is 1190. The molecule has 0 atom stereocenters. The molecule has 136 valence electrons. The van der Waals surface area contributed by atoms with E-state index in [2.05, 4.69) is 38.4 Å². The largest absolute Gasteiger partial charge is 0.431 e. The molecule has 3 aromatic carbocycles. The van der Waals surface area contributed by atoms with E-state index in [0.29, 0.717) is 5.19 Å². The Morgan fingerprint density at radius 3 is 2.29 bits per heavy atom. The molecule has 0 unspecified atom stereocenters. The van der Waals surface area contributed by atoms with Crippen molar-refractivity contribution in [3.63, 3.8) is 0 Å². The third-order valence-electron chi connectivity index (χ3n) is 3.73. The highest BCUT2D eigenvalue weighted by atomic mass is 32.1. The molecule has 0 radical (unpaired) electrons. The molecule has 4 nitrogen and oxygen atoms in total. The van der Waals surface area contributed by atoms with Gasteiger partial charge in [0.2, 0.25) is 0 Å². The smallest absolute Gasteiger partial charge is 0.279 e. The molecule has 2 aromatic heterocycles. The Kier molecular flexibility index (Phi) is 5.80. The van der Waals surface area contributed by atoms with Crippen LogP contribution in [0.4, 0.5) is 5.69 Å². The van der Waals surface area contributed by atoms with Crippen LogP contribution in [0.15, 0.2) is 83.3 Å². The van der Waals surface area contributed by atoms with Gasteiger partial charge in [-0.3, -0.25) is 0 Å². The Balaban J connectivity index is 0.000000177. The van der Waals surface area contributed by atoms with Gasteiger partial charge < -0.3 is 4.74 Å². The van der Waals surface area contributed by atoms with Gasteiger partial charge in [-0.05, 0) is 60.7 Å². The lowest BCUT2D eigenvalue weighted by atomic mass is 10.3. The molecule has 0 aliphatic rings. The summed E-state index contributed by atoms with van der Waals surface area (Å²) < 4.78 is 8.09. The first-order valence-electron chi connectivity index (χ1n) is 8.31. The molecular formula is C21H13N3OS3. The maximum atomic E-state index is 5.72. The minimum absolute atomic E-state index is 0.632. The summed E-state index contributed by atoms with van der Waals surface area (Å²) in [5, 5.41) is 2.96. The van der Waals surface area contributed by atoms with Gasteiger partial charge >= 0.3 is 0 Å². The normalized spacial score (nSPS) is 10.1. The highest BCUT2D eigenvalue weighted by Crippen LogP contribution is 2.31. The highest BCUT2D eigenvalue weighted by molar-refractivity contribution is 7.78. The van der Waals surface area contributed by atoms with E-state index in [9.17, 15) is 0 Å². The van der Waals surface area contributed by atoms with Gasteiger partial charge in [0.25, 0.3) is 5.19 Å². The Morgan fingerprint density at radius 2 is 1.57 bits per heavy atom. The zero-order chi connectivity index (χ0) is 19.2. The highest BCUT2D eigenvalue weighted by Gasteiger charge is 2.05. The summed E-state index contributed by atoms with van der Waals surface area (Å²) in [5.74, 6) is 0.724. The lowest BCUT2D eigenvalue weighted by molar-refractivity contribution is 0.480. The first kappa shape index (κ1) is 18.4. The average Bonchev–Trinajstić information content (AvgIpc) is 3.36. The molecule has 7 heteroatoms. The van der Waals surface area contributed by atoms with Crippen molar-refractivity contribution >= 4 is 66.2 Å². The van der Waals surface area contributed by atoms with Crippen molar-refractivity contribution in [2.24, 2.45) is 4.99 Å². The molecule has 0 fully saturated rings. The molecule has 5 aromatic rings. The van der Waals surface area contributed by atoms with Gasteiger partial charge in [-0.2, -0.15) is 4.99 Å². The Morgan fingerprint density at radius 1 is 0.857 bits per heavy atom. The minimum atomic E-state index is 0.632. The van der Waals surface area contributed by atoms with Crippen LogP contribution < -0.4 is 4.74 Å². The third kappa shape index (κ3) is 4.47. The van der Waals surface area contributed by atoms with Gasteiger partial charge in [0, 0.05) is 0 Å². The molecule has 0 spiro atoms. The summed E-state index contributed by atoms with van der Waals surface area (Å²) in [6.45, 7) is 0. The zero-order valence-electron chi connectivity index (χ0n) is 14.5. The van der Waals surface area contributed by atoms with Crippen molar-refractivity contribution in [3.05, 3.63) is 78.3 Å². The van der Waals surface area contributed by atoms with Crippen molar-refractivity contribution in [1.29, 1.82) is 0 Å². The van der Waals surface area contributed by atoms with Gasteiger partial charge in [-0.1, -0.05) is 35.6 Å². The second-order valence-corrected chi connectivity index (χ2v) is 7.63. The second-order valence-electron chi connectivity index (χ2n) is 5.57. The van der Waals surface area contributed by atoms with Crippen LogP contribution in [0, 0.1) is 0 Å². The standard InChI is InChI=1S/C14H8N2OS2.C7H5NS/c18-9-15-10-5-7-11(8-6-10)17-14-16-12-3-1-2-4-13(12)19-14;1-2-4-7-6(3-1)8-5-9-7/h1-8H;1-5H. The number of aliphatic imine (C=N–C) groups is 1. The van der Waals surface area contributed by atoms with E-state index in [0.717, 1.165) is 27.2 Å². The first-order chi connectivity index (χ1) is 13.8. The average molecular weight is 420 g/mol. The topological polar surface area (TPSA) is 47.4 Å². The van der Waals surface area contributed by atoms with Crippen LogP contribution >= 0.6 is 34.9 Å². The molecule has 2 heterocycles. The number of hydrogen-bond donors (Lipinski definition) is 0. The molecule has 28 heavy (non-hydrogen) atoms. The number of benzene rings is 3. The molecule has 0 saturated heterocycles. The van der Waals surface area contributed by atoms with Gasteiger partial charge in [0.05, 0.1) is 36.8 Å². The van der Waals surface area contributed by atoms with Crippen molar-refractivity contribution in [1.82, 2.24) is 9.97 Å². The molecule has 5 rings (SSSR count). The van der Waals surface area contributed by atoms with Gasteiger partial charge in [-0.15, -0.1) is 11.3 Å². The Hall–Kier alpha value is -2.96. The van der Waals surface area contributed by atoms with E-state index in [-0.39, 0.29) is 0 Å². The quantitative estimate of drug-likeness (QED) is 0.231. The lowest BCUT2D eigenvalue weighted by Gasteiger charge is -2.00. The van der Waals surface area contributed by atoms with Crippen molar-refractivity contribution in [3.8, 4) is 10.9 Å². The van der Waals surface area contributed by atoms with E-state index >= 15 is 0 Å². The van der Waals surface area contributed by atoms with Gasteiger partial charge in [-0.25, -0.2) is 9.97 Å². The van der Waals surface area contributed by atoms with E-state index in [1.807, 2.05) is 72.2 Å². The number of rotatable bonds is 3. The van der Waals surface area contributed by atoms with Crippen LogP contribution in [-0.2, 0) is 0 Å². The number of aromatic nitrogens is 2. The number of nitrogens with zero attached hydrogens (tertiary/aromatic N) is 3. The van der Waals surface area contributed by atoms with Crippen LogP contribution in [0.5, 0.6) is 10.9 Å². The number of fused-ring (bicyclic) bond motifs is 2. The van der Waals surface area contributed by atoms with Crippen LogP contribution in [0.2, 0.25) is 0 Å². The summed E-state index contributed by atoms with van der Waals surface area (Å²) in [6.07, 6.45) is 0. The molecule has 0 amide bonds. The zero-order valence-corrected chi connectivity index (χ0v) is 16.9. The summed E-state index contributed by atoms with van der Waals surface area (Å²) >= 11 is 7.75. The van der Waals surface area contributed by atoms with Crippen molar-refractivity contribution in [2.45, 2.75) is 0 Å². The summed E-state index contributed by atoms with van der Waals surface area (Å²) in [5.41, 5.74) is 4.67. The van der Waals surface area contributed by atoms with Crippen molar-refractivity contribution in [2.75, 3.05) is 0 Å². The maximum Gasteiger partial charge on any atom is 0.279 e. The van der Waals surface area contributed by atoms with Crippen molar-refractivity contribution < 1.29 is 4.74 Å². The molecule has 0 N–H and O–H groups in total. The predicted molar refractivity (Wildman–Crippen MR) is 120 cm³/mol. The minimum Gasteiger partial charge on any atom is -0.431 e. The summed E-state index contributed by atoms with van der Waals surface area (Å²) in [7, 11) is 0. The number of para-hydroxylation sites is 2. The van der Waals surface area contributed by atoms with E-state index < -0.39 is 0 Å². The number of thiocarbonyl (C=S) groups is 1. The molecule has 0 bridgehead atoms. The number of ether oxygens (including phenoxy) is 1. The monoisotopic (exact) mass is 419 g/mol. The Labute approximate surface area is 174 Å². The van der Waals surface area contributed by atoms with Crippen LogP contribution in [0.1, 0.15) is 0 Å². The SMILES string of the molecule is S=C=Nc1ccc(Oc2nc3ccccc3s2)cc1.c1ccc2scnc2c1. The molecular weight excluding hydrogens is 406 g/mol. The number of isothiocyanates is 1. The van der Waals surface area contributed by atoms with E-state index in [4.69, 9.17) is 4.74 Å². The fraction of sp³-hybridized carbons (Fsp3) is 0. The third-order valence-corrected chi connectivity index (χ3v) is 5.54. The first-order valence-corrected chi connectivity index (χ1v) is 10.4. The second kappa shape index (κ2) is 8.82. The summed E-state index contributed by atoms with van der Waals surface area (Å²) in [4.78, 5) is 12.4. The van der Waals surface area contributed by atoms with Gasteiger partial charge in [0.15, 0.2) is 0 Å². The number of hydrogen-bond acceptors (Lipinski definition) is 7. The number of thiazole rings is 2. The van der Waals surface area contributed by atoms with Crippen LogP contribution in [-0.4, -0.2) is 15.1 Å². The van der Waals surface area contributed by atoms with E-state index in [1.54, 1.807) is 11.3 Å². The predicted octanol–water partition coefficient (Wildman–Crippen LogP) is 7.12. The van der Waals surface area contributed by atoms with Gasteiger partial charge in [0.1, 0.15) is 5.75 Å². The van der Waals surface area contributed by atoms with Crippen LogP contribution in [0.25, 0.3) is 20.4 Å². The van der Waals surface area contributed by atoms with Crippen LogP contribution in [0.3, 0.4) is 0 Å². The maximum absolute atomic E-state index is 5.72. The van der Waals surface area contributed by atoms with E-state index in [1.165, 1.54) is 16.0 Å². The molecule has 0 saturated carbocycles. The molecule has 0 aliphatic carbocycles. The fourth-order valence-electron chi connectivity index (χ4n) is 2.44.